The molecule has 1 aromatic rings. The number of nitrogens with two attached hydrogens (primary N) is 1. The summed E-state index contributed by atoms with van der Waals surface area (Å²) in [6.45, 7) is 1.07. The van der Waals surface area contributed by atoms with Gasteiger partial charge in [-0.15, -0.1) is 0 Å². The average molecular weight is 223 g/mol. The number of carboxylic acids is 1. The maximum Gasteiger partial charge on any atom is 0.303 e. The molecule has 6 nitrogen and oxygen atoms in total. The molecule has 6 heteroatoms. The summed E-state index contributed by atoms with van der Waals surface area (Å²) in [7, 11) is 0. The topological polar surface area (TPSA) is 98.3 Å². The molecule has 0 amide bonds. The third kappa shape index (κ3) is 2.27. The van der Waals surface area contributed by atoms with Crippen molar-refractivity contribution in [3.63, 3.8) is 0 Å². The molecule has 2 heterocycles. The van der Waals surface area contributed by atoms with Gasteiger partial charge in [-0.3, -0.25) is 4.79 Å². The SMILES string of the molecule is Nc1nc(CCC(=O)O)nc2c1COCC2. The first-order chi connectivity index (χ1) is 7.66. The van der Waals surface area contributed by atoms with E-state index in [1.54, 1.807) is 0 Å². The smallest absolute Gasteiger partial charge is 0.303 e. The van der Waals surface area contributed by atoms with E-state index < -0.39 is 5.97 Å². The molecule has 1 aliphatic rings. The van der Waals surface area contributed by atoms with Crippen molar-refractivity contribution in [3.8, 4) is 0 Å². The van der Waals surface area contributed by atoms with Crippen LogP contribution in [0.25, 0.3) is 0 Å². The van der Waals surface area contributed by atoms with Crippen molar-refractivity contribution in [2.75, 3.05) is 12.3 Å². The fourth-order valence-corrected chi connectivity index (χ4v) is 1.64. The van der Waals surface area contributed by atoms with Crippen LogP contribution in [0.4, 0.5) is 5.82 Å². The molecular formula is C10H13N3O3. The first-order valence-electron chi connectivity index (χ1n) is 5.10. The molecular weight excluding hydrogens is 210 g/mol. The highest BCUT2D eigenvalue weighted by Gasteiger charge is 2.16. The van der Waals surface area contributed by atoms with Gasteiger partial charge in [0, 0.05) is 18.4 Å². The minimum absolute atomic E-state index is 0.0225. The number of nitrogens with zero attached hydrogens (tertiary/aromatic N) is 2. The molecule has 1 aromatic heterocycles. The van der Waals surface area contributed by atoms with E-state index in [-0.39, 0.29) is 6.42 Å². The Labute approximate surface area is 92.5 Å². The largest absolute Gasteiger partial charge is 0.481 e. The summed E-state index contributed by atoms with van der Waals surface area (Å²) < 4.78 is 5.26. The molecule has 16 heavy (non-hydrogen) atoms. The van der Waals surface area contributed by atoms with Gasteiger partial charge in [-0.1, -0.05) is 0 Å². The van der Waals surface area contributed by atoms with E-state index in [2.05, 4.69) is 9.97 Å². The summed E-state index contributed by atoms with van der Waals surface area (Å²) >= 11 is 0. The third-order valence-electron chi connectivity index (χ3n) is 2.46. The van der Waals surface area contributed by atoms with Gasteiger partial charge in [-0.25, -0.2) is 9.97 Å². The molecule has 86 valence electrons. The molecule has 0 saturated heterocycles. The minimum atomic E-state index is -0.858. The van der Waals surface area contributed by atoms with Crippen molar-refractivity contribution < 1.29 is 14.6 Å². The lowest BCUT2D eigenvalue weighted by atomic mass is 10.1. The molecule has 0 radical (unpaired) electrons. The second-order valence-corrected chi connectivity index (χ2v) is 3.65. The number of aromatic nitrogens is 2. The summed E-state index contributed by atoms with van der Waals surface area (Å²) in [5, 5.41) is 8.58. The fourth-order valence-electron chi connectivity index (χ4n) is 1.64. The van der Waals surface area contributed by atoms with Crippen molar-refractivity contribution in [1.82, 2.24) is 9.97 Å². The number of hydrogen-bond acceptors (Lipinski definition) is 5. The number of ether oxygens (including phenoxy) is 1. The van der Waals surface area contributed by atoms with Crippen LogP contribution in [0, 0.1) is 0 Å². The van der Waals surface area contributed by atoms with E-state index in [9.17, 15) is 4.79 Å². The molecule has 0 unspecified atom stereocenters. The second kappa shape index (κ2) is 4.44. The number of rotatable bonds is 3. The van der Waals surface area contributed by atoms with Crippen molar-refractivity contribution >= 4 is 11.8 Å². The normalized spacial score (nSPS) is 14.5. The van der Waals surface area contributed by atoms with E-state index in [0.29, 0.717) is 37.7 Å². The van der Waals surface area contributed by atoms with Gasteiger partial charge in [0.25, 0.3) is 0 Å². The lowest BCUT2D eigenvalue weighted by Crippen LogP contribution is -2.17. The van der Waals surface area contributed by atoms with Crippen LogP contribution in [0.1, 0.15) is 23.5 Å². The zero-order valence-corrected chi connectivity index (χ0v) is 8.77. The molecule has 0 aliphatic carbocycles. The van der Waals surface area contributed by atoms with E-state index in [1.165, 1.54) is 0 Å². The number of carboxylic acid groups (broad SMARTS) is 1. The number of nitrogen functional groups attached to an aromatic ring is 1. The molecule has 0 atom stereocenters. The molecule has 0 bridgehead atoms. The van der Waals surface area contributed by atoms with Gasteiger partial charge < -0.3 is 15.6 Å². The molecule has 2 rings (SSSR count). The Morgan fingerprint density at radius 3 is 3.06 bits per heavy atom. The summed E-state index contributed by atoms with van der Waals surface area (Å²) in [4.78, 5) is 18.8. The number of aryl methyl sites for hydroxylation is 1. The first kappa shape index (κ1) is 10.8. The Kier molecular flexibility index (Phi) is 3.00. The van der Waals surface area contributed by atoms with E-state index in [1.807, 2.05) is 0 Å². The van der Waals surface area contributed by atoms with Gasteiger partial charge in [0.2, 0.25) is 0 Å². The lowest BCUT2D eigenvalue weighted by molar-refractivity contribution is -0.137. The predicted molar refractivity (Wildman–Crippen MR) is 55.8 cm³/mol. The first-order valence-corrected chi connectivity index (χ1v) is 5.10. The molecule has 3 N–H and O–H groups in total. The van der Waals surface area contributed by atoms with E-state index in [4.69, 9.17) is 15.6 Å². The summed E-state index contributed by atoms with van der Waals surface area (Å²) in [6.07, 6.45) is 1.05. The number of carbonyl (C=O) groups is 1. The van der Waals surface area contributed by atoms with E-state index in [0.717, 1.165) is 11.3 Å². The van der Waals surface area contributed by atoms with Gasteiger partial charge in [-0.05, 0) is 0 Å². The minimum Gasteiger partial charge on any atom is -0.481 e. The Morgan fingerprint density at radius 2 is 2.31 bits per heavy atom. The van der Waals surface area contributed by atoms with E-state index >= 15 is 0 Å². The van der Waals surface area contributed by atoms with Crippen molar-refractivity contribution in [1.29, 1.82) is 0 Å². The Bertz CT molecular complexity index is 420. The highest BCUT2D eigenvalue weighted by atomic mass is 16.5. The number of anilines is 1. The van der Waals surface area contributed by atoms with Gasteiger partial charge in [0.1, 0.15) is 11.6 Å². The van der Waals surface area contributed by atoms with Crippen molar-refractivity contribution in [3.05, 3.63) is 17.1 Å². The van der Waals surface area contributed by atoms with Crippen LogP contribution in [-0.4, -0.2) is 27.7 Å². The van der Waals surface area contributed by atoms with Gasteiger partial charge in [-0.2, -0.15) is 0 Å². The van der Waals surface area contributed by atoms with Crippen molar-refractivity contribution in [2.24, 2.45) is 0 Å². The second-order valence-electron chi connectivity index (χ2n) is 3.65. The Hall–Kier alpha value is -1.69. The third-order valence-corrected chi connectivity index (χ3v) is 2.46. The maximum atomic E-state index is 10.4. The zero-order chi connectivity index (χ0) is 11.5. The van der Waals surface area contributed by atoms with Crippen LogP contribution in [0.5, 0.6) is 0 Å². The van der Waals surface area contributed by atoms with Crippen LogP contribution >= 0.6 is 0 Å². The molecule has 0 fully saturated rings. The van der Waals surface area contributed by atoms with Gasteiger partial charge in [0.05, 0.1) is 25.3 Å². The lowest BCUT2D eigenvalue weighted by Gasteiger charge is -2.17. The summed E-state index contributed by atoms with van der Waals surface area (Å²) in [5.74, 6) is 0.0499. The van der Waals surface area contributed by atoms with Crippen LogP contribution in [0.2, 0.25) is 0 Å². The number of fused-ring (bicyclic) bond motifs is 1. The fraction of sp³-hybridized carbons (Fsp3) is 0.500. The van der Waals surface area contributed by atoms with Crippen molar-refractivity contribution in [2.45, 2.75) is 25.9 Å². The standard InChI is InChI=1S/C10H13N3O3/c11-10-6-5-16-4-3-7(6)12-8(13-10)1-2-9(14)15/h1-5H2,(H,14,15)(H2,11,12,13). The average Bonchev–Trinajstić information content (AvgIpc) is 2.26. The number of aliphatic carboxylic acids is 1. The monoisotopic (exact) mass is 223 g/mol. The van der Waals surface area contributed by atoms with Crippen LogP contribution in [0.3, 0.4) is 0 Å². The zero-order valence-electron chi connectivity index (χ0n) is 8.77. The summed E-state index contributed by atoms with van der Waals surface area (Å²) in [6, 6.07) is 0. The Balaban J connectivity index is 2.21. The van der Waals surface area contributed by atoms with Crippen LogP contribution < -0.4 is 5.73 Å². The summed E-state index contributed by atoms with van der Waals surface area (Å²) in [5.41, 5.74) is 7.50. The van der Waals surface area contributed by atoms with Crippen LogP contribution in [-0.2, 0) is 29.0 Å². The quantitative estimate of drug-likeness (QED) is 0.756. The molecule has 0 spiro atoms. The maximum absolute atomic E-state index is 10.4. The van der Waals surface area contributed by atoms with Crippen LogP contribution in [0.15, 0.2) is 0 Å². The molecule has 0 aromatic carbocycles. The molecule has 0 saturated carbocycles. The Morgan fingerprint density at radius 1 is 1.50 bits per heavy atom. The predicted octanol–water partition coefficient (Wildman–Crippen LogP) is 0.149. The number of hydrogen-bond donors (Lipinski definition) is 2. The van der Waals surface area contributed by atoms with Gasteiger partial charge in [0.15, 0.2) is 0 Å². The molecule has 1 aliphatic heterocycles. The van der Waals surface area contributed by atoms with Gasteiger partial charge >= 0.3 is 5.97 Å². The highest BCUT2D eigenvalue weighted by Crippen LogP contribution is 2.20. The highest BCUT2D eigenvalue weighted by molar-refractivity contribution is 5.66.